The van der Waals surface area contributed by atoms with Crippen molar-refractivity contribution < 1.29 is 17.9 Å². The Kier molecular flexibility index (Phi) is 3.59. The third-order valence-corrected chi connectivity index (χ3v) is 2.28. The summed E-state index contributed by atoms with van der Waals surface area (Å²) in [5.74, 6) is 0. The van der Waals surface area contributed by atoms with Gasteiger partial charge in [0.1, 0.15) is 0 Å². The Morgan fingerprint density at radius 1 is 1.50 bits per heavy atom. The molecule has 0 spiro atoms. The van der Waals surface area contributed by atoms with E-state index in [2.05, 4.69) is 4.18 Å². The second-order valence-corrected chi connectivity index (χ2v) is 5.47. The Morgan fingerprint density at radius 3 is 2.00 bits per heavy atom. The fourth-order valence-corrected chi connectivity index (χ4v) is 1.59. The Labute approximate surface area is 62.9 Å². The molecule has 0 saturated heterocycles. The average molecular weight is 184 g/mol. The molecule has 0 heterocycles. The van der Waals surface area contributed by atoms with E-state index in [0.29, 0.717) is 0 Å². The van der Waals surface area contributed by atoms with Gasteiger partial charge in [-0.15, -0.1) is 0 Å². The van der Waals surface area contributed by atoms with E-state index in [-0.39, 0.29) is 0 Å². The molecule has 0 aromatic rings. The highest BCUT2D eigenvalue weighted by atomic mass is 32.7. The van der Waals surface area contributed by atoms with Crippen LogP contribution in [-0.4, -0.2) is 9.81 Å². The summed E-state index contributed by atoms with van der Waals surface area (Å²) in [6.07, 6.45) is 0. The summed E-state index contributed by atoms with van der Waals surface area (Å²) < 4.78 is 25.0. The van der Waals surface area contributed by atoms with Crippen LogP contribution < -0.4 is 4.89 Å². The molecule has 0 aliphatic rings. The Balaban J connectivity index is 3.93. The van der Waals surface area contributed by atoms with Crippen LogP contribution in [0.15, 0.2) is 0 Å². The summed E-state index contributed by atoms with van der Waals surface area (Å²) in [5.41, 5.74) is -0.680. The van der Waals surface area contributed by atoms with Crippen molar-refractivity contribution in [2.24, 2.45) is 0 Å². The Morgan fingerprint density at radius 2 is 1.90 bits per heavy atom. The van der Waals surface area contributed by atoms with Crippen molar-refractivity contribution in [3.8, 4) is 0 Å². The molecule has 10 heavy (non-hydrogen) atoms. The second-order valence-electron chi connectivity index (χ2n) is 2.64. The quantitative estimate of drug-likeness (QED) is 0.585. The summed E-state index contributed by atoms with van der Waals surface area (Å²) in [5, 5.41) is 0. The summed E-state index contributed by atoms with van der Waals surface area (Å²) in [6, 6.07) is 0. The molecular weight excluding hydrogens is 175 g/mol. The summed E-state index contributed by atoms with van der Waals surface area (Å²) in [7, 11) is -5.16. The van der Waals surface area contributed by atoms with Gasteiger partial charge >= 0.3 is 17.9 Å². The van der Waals surface area contributed by atoms with Crippen LogP contribution >= 0.6 is 7.23 Å². The van der Waals surface area contributed by atoms with Crippen molar-refractivity contribution in [1.29, 1.82) is 0 Å². The minimum absolute atomic E-state index is 0.680. The third-order valence-electron chi connectivity index (χ3n) is 0.443. The van der Waals surface area contributed by atoms with Crippen molar-refractivity contribution in [2.75, 3.05) is 0 Å². The largest absolute Gasteiger partial charge is 0.581 e. The maximum Gasteiger partial charge on any atom is 0.445 e. The third kappa shape index (κ3) is 4.99. The lowest BCUT2D eigenvalue weighted by molar-refractivity contribution is -0.158. The van der Waals surface area contributed by atoms with Crippen molar-refractivity contribution in [3.05, 3.63) is 0 Å². The predicted molar refractivity (Wildman–Crippen MR) is 36.6 cm³/mol. The van der Waals surface area contributed by atoms with Gasteiger partial charge in [-0.25, -0.2) is 4.18 Å². The van der Waals surface area contributed by atoms with E-state index >= 15 is 0 Å². The fourth-order valence-electron chi connectivity index (χ4n) is 0.244. The van der Waals surface area contributed by atoms with Gasteiger partial charge < -0.3 is 4.89 Å². The molecule has 0 rings (SSSR count). The molecule has 0 N–H and O–H groups in total. The zero-order valence-corrected chi connectivity index (χ0v) is 7.70. The lowest BCUT2D eigenvalue weighted by atomic mass is 10.2. The molecule has 0 aliphatic heterocycles. The molecule has 0 amide bonds. The second kappa shape index (κ2) is 3.53. The molecular formula is C4H9O4PS. The highest BCUT2D eigenvalue weighted by Crippen LogP contribution is 2.21. The van der Waals surface area contributed by atoms with Gasteiger partial charge in [-0.2, -0.15) is 4.21 Å². The maximum atomic E-state index is 10.5. The van der Waals surface area contributed by atoms with E-state index in [1.807, 2.05) is 0 Å². The van der Waals surface area contributed by atoms with Crippen molar-refractivity contribution in [1.82, 2.24) is 0 Å². The molecule has 6 heteroatoms. The lowest BCUT2D eigenvalue weighted by Gasteiger charge is -2.13. The first kappa shape index (κ1) is 10.2. The highest BCUT2D eigenvalue weighted by molar-refractivity contribution is 8.37. The number of hydrogen-bond donors (Lipinski definition) is 0. The van der Waals surface area contributed by atoms with Crippen LogP contribution in [0.3, 0.4) is 0 Å². The zero-order chi connectivity index (χ0) is 8.36. The first-order valence-corrected chi connectivity index (χ1v) is 5.44. The first-order chi connectivity index (χ1) is 4.33. The SMILES string of the molecule is CC(C)(C)OS(=O)[P+](=O)[O-]. The Bertz CT molecular complexity index is 161. The van der Waals surface area contributed by atoms with Gasteiger partial charge in [-0.05, 0) is 20.8 Å². The van der Waals surface area contributed by atoms with Gasteiger partial charge in [0.05, 0.1) is 5.60 Å². The van der Waals surface area contributed by atoms with Crippen LogP contribution in [0.1, 0.15) is 20.8 Å². The summed E-state index contributed by atoms with van der Waals surface area (Å²) in [6.45, 7) is 4.89. The number of hydrogen-bond acceptors (Lipinski definition) is 4. The van der Waals surface area contributed by atoms with Crippen LogP contribution in [-0.2, 0) is 19.4 Å². The molecule has 0 saturated carbocycles. The van der Waals surface area contributed by atoms with Crippen molar-refractivity contribution in [2.45, 2.75) is 26.4 Å². The topological polar surface area (TPSA) is 66.4 Å². The minimum atomic E-state index is -2.98. The molecule has 0 aromatic carbocycles. The van der Waals surface area contributed by atoms with E-state index in [9.17, 15) is 13.7 Å². The smallest absolute Gasteiger partial charge is 0.445 e. The van der Waals surface area contributed by atoms with Crippen LogP contribution in [0.5, 0.6) is 0 Å². The van der Waals surface area contributed by atoms with Crippen LogP contribution in [0.2, 0.25) is 0 Å². The van der Waals surface area contributed by atoms with E-state index in [1.165, 1.54) is 0 Å². The van der Waals surface area contributed by atoms with Gasteiger partial charge in [-0.1, -0.05) is 4.57 Å². The number of rotatable bonds is 2. The summed E-state index contributed by atoms with van der Waals surface area (Å²) >= 11 is 0. The van der Waals surface area contributed by atoms with Gasteiger partial charge in [0.2, 0.25) is 0 Å². The molecule has 0 fully saturated rings. The highest BCUT2D eigenvalue weighted by Gasteiger charge is 2.23. The standard InChI is InChI=1S/C4H9O4PS/c1-4(2,3)8-10(7)9(5)6/h1-3H3. The van der Waals surface area contributed by atoms with Crippen molar-refractivity contribution >= 4 is 17.9 Å². The normalized spacial score (nSPS) is 16.6. The molecule has 0 aliphatic carbocycles. The average Bonchev–Trinajstić information content (AvgIpc) is 1.60. The predicted octanol–water partition coefficient (Wildman–Crippen LogP) is 0.483. The molecule has 0 bridgehead atoms. The monoisotopic (exact) mass is 184 g/mol. The van der Waals surface area contributed by atoms with Crippen LogP contribution in [0, 0.1) is 0 Å². The Hall–Kier alpha value is 0.170. The van der Waals surface area contributed by atoms with Gasteiger partial charge in [0.25, 0.3) is 0 Å². The van der Waals surface area contributed by atoms with Crippen LogP contribution in [0.25, 0.3) is 0 Å². The molecule has 0 aromatic heterocycles. The van der Waals surface area contributed by atoms with E-state index in [1.54, 1.807) is 20.8 Å². The maximum absolute atomic E-state index is 10.5. The van der Waals surface area contributed by atoms with E-state index in [0.717, 1.165) is 0 Å². The van der Waals surface area contributed by atoms with Gasteiger partial charge in [0, 0.05) is 0 Å². The lowest BCUT2D eigenvalue weighted by Crippen LogP contribution is -2.20. The fraction of sp³-hybridized carbons (Fsp3) is 1.00. The van der Waals surface area contributed by atoms with E-state index < -0.39 is 23.5 Å². The van der Waals surface area contributed by atoms with Gasteiger partial charge in [0.15, 0.2) is 0 Å². The van der Waals surface area contributed by atoms with Crippen LogP contribution in [0.4, 0.5) is 0 Å². The summed E-state index contributed by atoms with van der Waals surface area (Å²) in [4.78, 5) is 9.99. The molecule has 4 nitrogen and oxygen atoms in total. The molecule has 2 unspecified atom stereocenters. The molecule has 60 valence electrons. The molecule has 2 atom stereocenters. The van der Waals surface area contributed by atoms with E-state index in [4.69, 9.17) is 0 Å². The van der Waals surface area contributed by atoms with Crippen molar-refractivity contribution in [3.63, 3.8) is 0 Å². The first-order valence-electron chi connectivity index (χ1n) is 2.59. The van der Waals surface area contributed by atoms with Gasteiger partial charge in [-0.3, -0.25) is 0 Å². The zero-order valence-electron chi connectivity index (χ0n) is 5.99. The minimum Gasteiger partial charge on any atom is -0.581 e. The molecule has 0 radical (unpaired) electrons.